The molecule has 3 heteroatoms. The maximum absolute atomic E-state index is 9.62. The van der Waals surface area contributed by atoms with E-state index >= 15 is 0 Å². The van der Waals surface area contributed by atoms with Crippen LogP contribution in [0, 0.1) is 0 Å². The normalized spacial score (nSPS) is 17.6. The van der Waals surface area contributed by atoms with Gasteiger partial charge in [-0.15, -0.1) is 0 Å². The Morgan fingerprint density at radius 2 is 2.17 bits per heavy atom. The van der Waals surface area contributed by atoms with Crippen LogP contribution in [0.25, 0.3) is 10.9 Å². The molecule has 1 aliphatic rings. The highest BCUT2D eigenvalue weighted by molar-refractivity contribution is 5.83. The summed E-state index contributed by atoms with van der Waals surface area (Å²) in [6, 6.07) is 8.02. The molecular formula is C15H18N2O. The lowest BCUT2D eigenvalue weighted by Crippen LogP contribution is -2.44. The molecule has 0 radical (unpaired) electrons. The molecule has 1 aliphatic heterocycles. The maximum Gasteiger partial charge on any atom is 0.116 e. The van der Waals surface area contributed by atoms with Gasteiger partial charge < -0.3 is 10.0 Å². The minimum absolute atomic E-state index is 0.313. The Morgan fingerprint density at radius 3 is 2.89 bits per heavy atom. The lowest BCUT2D eigenvalue weighted by Gasteiger charge is -2.36. The molecule has 1 fully saturated rings. The van der Waals surface area contributed by atoms with E-state index in [2.05, 4.69) is 22.9 Å². The van der Waals surface area contributed by atoms with Crippen molar-refractivity contribution < 1.29 is 5.11 Å². The Balaban J connectivity index is 1.92. The number of rotatable bonds is 3. The van der Waals surface area contributed by atoms with Gasteiger partial charge in [-0.25, -0.2) is 0 Å². The zero-order valence-electron chi connectivity index (χ0n) is 10.6. The van der Waals surface area contributed by atoms with Crippen LogP contribution in [0.4, 0.5) is 0 Å². The molecule has 1 N–H and O–H groups in total. The molecule has 0 aliphatic carbocycles. The van der Waals surface area contributed by atoms with E-state index in [-0.39, 0.29) is 0 Å². The third-order valence-electron chi connectivity index (χ3n) is 3.84. The second kappa shape index (κ2) is 4.58. The zero-order valence-corrected chi connectivity index (χ0v) is 10.6. The van der Waals surface area contributed by atoms with Crippen molar-refractivity contribution in [3.63, 3.8) is 0 Å². The number of hydrogen-bond donors (Lipinski definition) is 1. The number of nitrogens with zero attached hydrogens (tertiary/aromatic N) is 2. The summed E-state index contributed by atoms with van der Waals surface area (Å²) in [6.45, 7) is 4.71. The minimum atomic E-state index is 0.313. The van der Waals surface area contributed by atoms with Gasteiger partial charge >= 0.3 is 0 Å². The number of likely N-dealkylation sites (tertiary alicyclic amines) is 1. The molecule has 18 heavy (non-hydrogen) atoms. The second-order valence-electron chi connectivity index (χ2n) is 5.11. The summed E-state index contributed by atoms with van der Waals surface area (Å²) in [5, 5.41) is 10.7. The summed E-state index contributed by atoms with van der Waals surface area (Å²) in [4.78, 5) is 6.84. The summed E-state index contributed by atoms with van der Waals surface area (Å²) >= 11 is 0. The lowest BCUT2D eigenvalue weighted by molar-refractivity contribution is 0.128. The molecule has 1 saturated heterocycles. The van der Waals surface area contributed by atoms with Gasteiger partial charge in [0.2, 0.25) is 0 Å². The molecule has 0 bridgehead atoms. The van der Waals surface area contributed by atoms with Gasteiger partial charge in [-0.05, 0) is 62.7 Å². The SMILES string of the molecule is C[C@H](Cc1ccnc2ccc(O)cc12)N1CCC1. The molecule has 0 spiro atoms. The van der Waals surface area contributed by atoms with Crippen molar-refractivity contribution in [3.05, 3.63) is 36.0 Å². The first-order chi connectivity index (χ1) is 8.74. The molecule has 1 atom stereocenters. The van der Waals surface area contributed by atoms with Crippen LogP contribution in [0.5, 0.6) is 5.75 Å². The number of hydrogen-bond acceptors (Lipinski definition) is 3. The van der Waals surface area contributed by atoms with Crippen LogP contribution >= 0.6 is 0 Å². The van der Waals surface area contributed by atoms with Gasteiger partial charge in [0.25, 0.3) is 0 Å². The second-order valence-corrected chi connectivity index (χ2v) is 5.11. The van der Waals surface area contributed by atoms with Crippen molar-refractivity contribution in [3.8, 4) is 5.75 Å². The fraction of sp³-hybridized carbons (Fsp3) is 0.400. The monoisotopic (exact) mass is 242 g/mol. The van der Waals surface area contributed by atoms with E-state index in [0.717, 1.165) is 17.3 Å². The molecule has 0 saturated carbocycles. The Labute approximate surface area is 107 Å². The number of aromatic nitrogens is 1. The summed E-state index contributed by atoms with van der Waals surface area (Å²) in [6.07, 6.45) is 4.20. The highest BCUT2D eigenvalue weighted by Crippen LogP contribution is 2.24. The first kappa shape index (κ1) is 11.5. The van der Waals surface area contributed by atoms with Crippen molar-refractivity contribution in [2.45, 2.75) is 25.8 Å². The fourth-order valence-electron chi connectivity index (χ4n) is 2.60. The fourth-order valence-corrected chi connectivity index (χ4v) is 2.60. The quantitative estimate of drug-likeness (QED) is 0.898. The largest absolute Gasteiger partial charge is 0.508 e. The zero-order chi connectivity index (χ0) is 12.5. The minimum Gasteiger partial charge on any atom is -0.508 e. The van der Waals surface area contributed by atoms with Gasteiger partial charge in [-0.2, -0.15) is 0 Å². The molecule has 2 aromatic rings. The van der Waals surface area contributed by atoms with Gasteiger partial charge in [-0.1, -0.05) is 0 Å². The van der Waals surface area contributed by atoms with Crippen LogP contribution in [0.3, 0.4) is 0 Å². The van der Waals surface area contributed by atoms with E-state index in [4.69, 9.17) is 0 Å². The molecule has 0 amide bonds. The van der Waals surface area contributed by atoms with E-state index in [1.807, 2.05) is 18.3 Å². The average Bonchev–Trinajstić information content (AvgIpc) is 2.27. The van der Waals surface area contributed by atoms with Crippen molar-refractivity contribution in [1.82, 2.24) is 9.88 Å². The van der Waals surface area contributed by atoms with Crippen molar-refractivity contribution in [1.29, 1.82) is 0 Å². The number of phenolic OH excluding ortho intramolecular Hbond substituents is 1. The van der Waals surface area contributed by atoms with E-state index in [1.54, 1.807) is 6.07 Å². The molecular weight excluding hydrogens is 224 g/mol. The van der Waals surface area contributed by atoms with Crippen LogP contribution < -0.4 is 0 Å². The van der Waals surface area contributed by atoms with E-state index in [1.165, 1.54) is 25.1 Å². The van der Waals surface area contributed by atoms with E-state index in [0.29, 0.717) is 11.8 Å². The van der Waals surface area contributed by atoms with Crippen molar-refractivity contribution in [2.24, 2.45) is 0 Å². The molecule has 2 heterocycles. The van der Waals surface area contributed by atoms with Gasteiger partial charge in [0.05, 0.1) is 5.52 Å². The molecule has 1 aromatic carbocycles. The predicted octanol–water partition coefficient (Wildman–Crippen LogP) is 2.58. The third kappa shape index (κ3) is 2.06. The first-order valence-electron chi connectivity index (χ1n) is 6.55. The standard InChI is InChI=1S/C15H18N2O/c1-11(17-7-2-8-17)9-12-5-6-16-15-4-3-13(18)10-14(12)15/h3-6,10-11,18H,2,7-9H2,1H3/t11-/m1/s1. The molecule has 3 rings (SSSR count). The highest BCUT2D eigenvalue weighted by Gasteiger charge is 2.20. The topological polar surface area (TPSA) is 36.4 Å². The van der Waals surface area contributed by atoms with E-state index < -0.39 is 0 Å². The first-order valence-corrected chi connectivity index (χ1v) is 6.55. The number of phenols is 1. The number of aromatic hydroxyl groups is 1. The maximum atomic E-state index is 9.62. The van der Waals surface area contributed by atoms with Gasteiger partial charge in [0.1, 0.15) is 5.75 Å². The van der Waals surface area contributed by atoms with Gasteiger partial charge in [0.15, 0.2) is 0 Å². The van der Waals surface area contributed by atoms with Crippen LogP contribution in [0.2, 0.25) is 0 Å². The van der Waals surface area contributed by atoms with E-state index in [9.17, 15) is 5.11 Å². The van der Waals surface area contributed by atoms with Crippen LogP contribution in [-0.4, -0.2) is 34.1 Å². The Morgan fingerprint density at radius 1 is 1.33 bits per heavy atom. The smallest absolute Gasteiger partial charge is 0.116 e. The Kier molecular flexibility index (Phi) is 2.92. The lowest BCUT2D eigenvalue weighted by atomic mass is 10.00. The van der Waals surface area contributed by atoms with Crippen LogP contribution in [-0.2, 0) is 6.42 Å². The third-order valence-corrected chi connectivity index (χ3v) is 3.84. The Bertz CT molecular complexity index is 563. The summed E-state index contributed by atoms with van der Waals surface area (Å²) in [5.41, 5.74) is 2.23. The van der Waals surface area contributed by atoms with Gasteiger partial charge in [0, 0.05) is 17.6 Å². The van der Waals surface area contributed by atoms with Crippen molar-refractivity contribution in [2.75, 3.05) is 13.1 Å². The highest BCUT2D eigenvalue weighted by atomic mass is 16.3. The van der Waals surface area contributed by atoms with Gasteiger partial charge in [-0.3, -0.25) is 4.98 Å². The number of benzene rings is 1. The molecule has 94 valence electrons. The number of pyridine rings is 1. The predicted molar refractivity (Wildman–Crippen MR) is 72.8 cm³/mol. The summed E-state index contributed by atoms with van der Waals surface area (Å²) in [5.74, 6) is 0.313. The van der Waals surface area contributed by atoms with Crippen LogP contribution in [0.1, 0.15) is 18.9 Å². The number of fused-ring (bicyclic) bond motifs is 1. The molecule has 3 nitrogen and oxygen atoms in total. The average molecular weight is 242 g/mol. The summed E-state index contributed by atoms with van der Waals surface area (Å²) in [7, 11) is 0. The molecule has 1 aromatic heterocycles. The Hall–Kier alpha value is -1.61. The molecule has 0 unspecified atom stereocenters. The summed E-state index contributed by atoms with van der Waals surface area (Å²) < 4.78 is 0. The van der Waals surface area contributed by atoms with Crippen LogP contribution in [0.15, 0.2) is 30.5 Å². The van der Waals surface area contributed by atoms with Crippen molar-refractivity contribution >= 4 is 10.9 Å².